The number of thiophene rings is 1. The van der Waals surface area contributed by atoms with Crippen molar-refractivity contribution in [2.75, 3.05) is 16.8 Å². The molecule has 0 spiro atoms. The Morgan fingerprint density at radius 1 is 1.30 bits per heavy atom. The molecule has 3 aliphatic carbocycles. The van der Waals surface area contributed by atoms with Crippen LogP contribution in [-0.2, 0) is 24.7 Å². The maximum Gasteiger partial charge on any atom is 0.254 e. The van der Waals surface area contributed by atoms with Gasteiger partial charge in [-0.05, 0) is 68.6 Å². The number of carbonyl (C=O) groups excluding carboxylic acids is 2. The van der Waals surface area contributed by atoms with E-state index in [4.69, 9.17) is 18.1 Å². The van der Waals surface area contributed by atoms with Crippen LogP contribution in [0.25, 0.3) is 0 Å². The molecule has 5 rings (SSSR count). The van der Waals surface area contributed by atoms with Crippen LogP contribution in [0.2, 0.25) is 0 Å². The smallest absolute Gasteiger partial charge is 0.254 e. The normalized spacial score (nSPS) is 19.5. The minimum Gasteiger partial charge on any atom is -0.352 e. The number of nitrogens with zero attached hydrogens (tertiary/aromatic N) is 3. The lowest BCUT2D eigenvalue weighted by Gasteiger charge is -2.35. The Kier molecular flexibility index (Phi) is 6.11. The van der Waals surface area contributed by atoms with Gasteiger partial charge >= 0.3 is 0 Å². The lowest BCUT2D eigenvalue weighted by Crippen LogP contribution is -2.51. The number of rotatable bonds is 7. The van der Waals surface area contributed by atoms with Gasteiger partial charge in [-0.2, -0.15) is 5.10 Å². The Balaban J connectivity index is 1.46. The SMILES string of the molecule is Cn1nccc1N(C(=S)NN)[C@H]1CCc2sc(NC(=O)C3CC3)c(C(=O)NCC3CC3)c2C1. The van der Waals surface area contributed by atoms with Crippen molar-refractivity contribution in [2.24, 2.45) is 24.7 Å². The number of aryl methyl sites for hydroxylation is 2. The van der Waals surface area contributed by atoms with E-state index in [9.17, 15) is 9.59 Å². The number of nitrogens with two attached hydrogens (primary N) is 1. The molecule has 0 bridgehead atoms. The van der Waals surface area contributed by atoms with E-state index < -0.39 is 0 Å². The molecule has 3 aliphatic rings. The highest BCUT2D eigenvalue weighted by Gasteiger charge is 2.36. The fourth-order valence-corrected chi connectivity index (χ4v) is 5.94. The van der Waals surface area contributed by atoms with E-state index >= 15 is 0 Å². The summed E-state index contributed by atoms with van der Waals surface area (Å²) >= 11 is 7.08. The molecular weight excluding hydrogens is 458 g/mol. The molecule has 0 unspecified atom stereocenters. The number of anilines is 2. The second-order valence-corrected chi connectivity index (χ2v) is 10.6. The third-order valence-corrected chi connectivity index (χ3v) is 8.17. The molecule has 0 radical (unpaired) electrons. The molecule has 9 nitrogen and oxygen atoms in total. The number of hydrazine groups is 1. The molecule has 5 N–H and O–H groups in total. The summed E-state index contributed by atoms with van der Waals surface area (Å²) in [4.78, 5) is 29.0. The first-order valence-electron chi connectivity index (χ1n) is 11.5. The maximum atomic E-state index is 13.3. The van der Waals surface area contributed by atoms with Crippen LogP contribution in [0.5, 0.6) is 0 Å². The first-order valence-corrected chi connectivity index (χ1v) is 12.7. The van der Waals surface area contributed by atoms with E-state index in [1.165, 1.54) is 12.8 Å². The monoisotopic (exact) mass is 487 g/mol. The molecule has 2 heterocycles. The molecule has 11 heteroatoms. The Bertz CT molecular complexity index is 1090. The van der Waals surface area contributed by atoms with E-state index in [0.717, 1.165) is 41.9 Å². The molecule has 0 aromatic carbocycles. The van der Waals surface area contributed by atoms with Crippen molar-refractivity contribution >= 4 is 51.3 Å². The van der Waals surface area contributed by atoms with Crippen LogP contribution in [0.4, 0.5) is 10.8 Å². The Labute approximate surface area is 202 Å². The minimum atomic E-state index is -0.0993. The van der Waals surface area contributed by atoms with Gasteiger partial charge in [0, 0.05) is 36.5 Å². The van der Waals surface area contributed by atoms with E-state index in [2.05, 4.69) is 21.2 Å². The Morgan fingerprint density at radius 2 is 2.09 bits per heavy atom. The molecule has 1 atom stereocenters. The molecule has 2 saturated carbocycles. The predicted molar refractivity (Wildman–Crippen MR) is 132 cm³/mol. The molecule has 2 fully saturated rings. The van der Waals surface area contributed by atoms with Crippen molar-refractivity contribution in [3.05, 3.63) is 28.3 Å². The maximum absolute atomic E-state index is 13.3. The highest BCUT2D eigenvalue weighted by atomic mass is 32.1. The summed E-state index contributed by atoms with van der Waals surface area (Å²) in [5, 5.41) is 11.5. The number of aromatic nitrogens is 2. The van der Waals surface area contributed by atoms with Crippen molar-refractivity contribution in [3.63, 3.8) is 0 Å². The number of thiocarbonyl (C=S) groups is 1. The van der Waals surface area contributed by atoms with Gasteiger partial charge in [-0.25, -0.2) is 5.84 Å². The van der Waals surface area contributed by atoms with Gasteiger partial charge in [-0.1, -0.05) is 0 Å². The molecule has 2 amide bonds. The average molecular weight is 488 g/mol. The van der Waals surface area contributed by atoms with Gasteiger partial charge in [-0.3, -0.25) is 19.2 Å². The number of amides is 2. The summed E-state index contributed by atoms with van der Waals surface area (Å²) in [6.45, 7) is 0.686. The lowest BCUT2D eigenvalue weighted by molar-refractivity contribution is -0.117. The Hall–Kier alpha value is -2.50. The largest absolute Gasteiger partial charge is 0.352 e. The van der Waals surface area contributed by atoms with Crippen molar-refractivity contribution in [3.8, 4) is 0 Å². The molecular formula is C22H29N7O2S2. The van der Waals surface area contributed by atoms with Crippen LogP contribution in [0.1, 0.15) is 52.9 Å². The summed E-state index contributed by atoms with van der Waals surface area (Å²) in [6.07, 6.45) is 8.18. The van der Waals surface area contributed by atoms with Crippen molar-refractivity contribution in [1.82, 2.24) is 20.5 Å². The van der Waals surface area contributed by atoms with Gasteiger partial charge in [0.1, 0.15) is 10.8 Å². The highest BCUT2D eigenvalue weighted by molar-refractivity contribution is 7.80. The predicted octanol–water partition coefficient (Wildman–Crippen LogP) is 2.08. The number of fused-ring (bicyclic) bond motifs is 1. The number of hydrogen-bond acceptors (Lipinski definition) is 6. The van der Waals surface area contributed by atoms with Crippen LogP contribution in [0.15, 0.2) is 12.3 Å². The number of carbonyl (C=O) groups is 2. The zero-order valence-electron chi connectivity index (χ0n) is 18.6. The molecule has 2 aromatic heterocycles. The first kappa shape index (κ1) is 22.3. The van der Waals surface area contributed by atoms with Crippen LogP contribution < -0.4 is 26.8 Å². The van der Waals surface area contributed by atoms with Gasteiger partial charge in [-0.15, -0.1) is 11.3 Å². The number of hydrogen-bond donors (Lipinski definition) is 4. The van der Waals surface area contributed by atoms with E-state index in [-0.39, 0.29) is 23.8 Å². The molecule has 0 aliphatic heterocycles. The van der Waals surface area contributed by atoms with Crippen LogP contribution in [-0.4, -0.2) is 39.3 Å². The molecule has 33 heavy (non-hydrogen) atoms. The van der Waals surface area contributed by atoms with Gasteiger partial charge in [0.2, 0.25) is 5.91 Å². The number of nitrogens with one attached hydrogen (secondary N) is 3. The Morgan fingerprint density at radius 3 is 2.73 bits per heavy atom. The second kappa shape index (κ2) is 9.03. The van der Waals surface area contributed by atoms with Gasteiger partial charge in [0.25, 0.3) is 5.91 Å². The summed E-state index contributed by atoms with van der Waals surface area (Å²) in [5.74, 6) is 7.11. The second-order valence-electron chi connectivity index (χ2n) is 9.15. The zero-order valence-corrected chi connectivity index (χ0v) is 20.2. The zero-order chi connectivity index (χ0) is 23.1. The van der Waals surface area contributed by atoms with Crippen molar-refractivity contribution < 1.29 is 9.59 Å². The third kappa shape index (κ3) is 4.62. The van der Waals surface area contributed by atoms with E-state index in [1.54, 1.807) is 22.2 Å². The van der Waals surface area contributed by atoms with Crippen molar-refractivity contribution in [2.45, 2.75) is 51.0 Å². The molecule has 2 aromatic rings. The van der Waals surface area contributed by atoms with E-state index in [1.807, 2.05) is 18.0 Å². The highest BCUT2D eigenvalue weighted by Crippen LogP contribution is 2.41. The fourth-order valence-electron chi connectivity index (χ4n) is 4.45. The summed E-state index contributed by atoms with van der Waals surface area (Å²) in [6, 6.07) is 1.91. The van der Waals surface area contributed by atoms with Crippen LogP contribution in [0, 0.1) is 11.8 Å². The minimum absolute atomic E-state index is 0.00742. The van der Waals surface area contributed by atoms with Crippen molar-refractivity contribution in [1.29, 1.82) is 0 Å². The molecule has 0 saturated heterocycles. The third-order valence-electron chi connectivity index (χ3n) is 6.64. The van der Waals surface area contributed by atoms with Crippen LogP contribution in [0.3, 0.4) is 0 Å². The van der Waals surface area contributed by atoms with Crippen LogP contribution >= 0.6 is 23.6 Å². The van der Waals surface area contributed by atoms with E-state index in [0.29, 0.717) is 34.6 Å². The van der Waals surface area contributed by atoms with Gasteiger partial charge in [0.05, 0.1) is 11.8 Å². The first-order chi connectivity index (χ1) is 16.0. The fraction of sp³-hybridized carbons (Fsp3) is 0.545. The topological polar surface area (TPSA) is 117 Å². The summed E-state index contributed by atoms with van der Waals surface area (Å²) in [7, 11) is 1.86. The standard InChI is InChI=1S/C22H29N7O2S2/c1-28-17(8-9-25-28)29(22(32)27-23)14-6-7-16-15(10-14)18(20(31)24-11-12-2-3-12)21(33-16)26-19(30)13-4-5-13/h8-9,12-14H,2-7,10-11,23H2,1H3,(H,24,31)(H,26,30)(H,27,32)/t14-/m0/s1. The summed E-state index contributed by atoms with van der Waals surface area (Å²) in [5.41, 5.74) is 4.23. The lowest BCUT2D eigenvalue weighted by atomic mass is 9.90. The van der Waals surface area contributed by atoms with Gasteiger partial charge < -0.3 is 16.1 Å². The van der Waals surface area contributed by atoms with Gasteiger partial charge in [0.15, 0.2) is 5.11 Å². The average Bonchev–Trinajstić information content (AvgIpc) is 3.73. The quantitative estimate of drug-likeness (QED) is 0.268. The molecule has 176 valence electrons. The summed E-state index contributed by atoms with van der Waals surface area (Å²) < 4.78 is 1.76.